The summed E-state index contributed by atoms with van der Waals surface area (Å²) >= 11 is 0. The molecule has 4 aromatic rings. The molecule has 0 spiro atoms. The second kappa shape index (κ2) is 28.6. The predicted molar refractivity (Wildman–Crippen MR) is 264 cm³/mol. The highest BCUT2D eigenvalue weighted by Crippen LogP contribution is 2.37. The Labute approximate surface area is 440 Å². The zero-order valence-corrected chi connectivity index (χ0v) is 41.7. The molecule has 9 N–H and O–H groups in total. The molecule has 0 aliphatic carbocycles. The Morgan fingerprint density at radius 1 is 0.368 bits per heavy atom. The maximum absolute atomic E-state index is 12.3. The lowest BCUT2D eigenvalue weighted by atomic mass is 9.95. The van der Waals surface area contributed by atoms with Crippen LogP contribution in [0.5, 0.6) is 0 Å². The van der Waals surface area contributed by atoms with Gasteiger partial charge in [0.2, 0.25) is 0 Å². The summed E-state index contributed by atoms with van der Waals surface area (Å²) in [7, 11) is 0. The van der Waals surface area contributed by atoms with Gasteiger partial charge >= 0.3 is 0 Å². The van der Waals surface area contributed by atoms with E-state index in [2.05, 4.69) is 6.58 Å². The van der Waals surface area contributed by atoms with Crippen molar-refractivity contribution in [2.24, 2.45) is 0 Å². The molecule has 4 heterocycles. The van der Waals surface area contributed by atoms with Crippen LogP contribution in [-0.4, -0.2) is 202 Å². The monoisotopic (exact) mass is 1070 g/mol. The van der Waals surface area contributed by atoms with Crippen molar-refractivity contribution in [2.75, 3.05) is 33.0 Å². The molecular formula is C55H70O21. The van der Waals surface area contributed by atoms with Gasteiger partial charge in [-0.2, -0.15) is 0 Å². The number of aliphatic hydroxyl groups is 9. The van der Waals surface area contributed by atoms with E-state index < -0.39 is 143 Å². The lowest BCUT2D eigenvalue weighted by Crippen LogP contribution is -2.68. The Kier molecular flexibility index (Phi) is 21.8. The summed E-state index contributed by atoms with van der Waals surface area (Å²) < 4.78 is 75.1. The molecule has 12 unspecified atom stereocenters. The van der Waals surface area contributed by atoms with Gasteiger partial charge in [-0.3, -0.25) is 0 Å². The molecule has 4 aliphatic rings. The molecular weight excluding hydrogens is 997 g/mol. The highest BCUT2D eigenvalue weighted by molar-refractivity contribution is 5.17. The third-order valence-electron chi connectivity index (χ3n) is 13.6. The Morgan fingerprint density at radius 3 is 1.14 bits per heavy atom. The van der Waals surface area contributed by atoms with Crippen molar-refractivity contribution in [2.45, 2.75) is 149 Å². The summed E-state index contributed by atoms with van der Waals surface area (Å²) in [6, 6.07) is 37.7. The van der Waals surface area contributed by atoms with Crippen molar-refractivity contribution in [3.05, 3.63) is 156 Å². The largest absolute Gasteiger partial charge is 0.394 e. The first kappa shape index (κ1) is 57.9. The highest BCUT2D eigenvalue weighted by Gasteiger charge is 2.56. The average molecular weight is 1070 g/mol. The van der Waals surface area contributed by atoms with Crippen molar-refractivity contribution in [1.29, 1.82) is 0 Å². The van der Waals surface area contributed by atoms with Crippen LogP contribution in [-0.2, 0) is 83.3 Å². The summed E-state index contributed by atoms with van der Waals surface area (Å²) in [4.78, 5) is 0. The quantitative estimate of drug-likeness (QED) is 0.0405. The molecule has 4 fully saturated rings. The van der Waals surface area contributed by atoms with Crippen molar-refractivity contribution in [3.63, 3.8) is 0 Å². The fourth-order valence-corrected chi connectivity index (χ4v) is 9.49. The SMILES string of the molecule is C=CCOC1C(O)[C@@H](OC2C(O)[C@@H](OC3C(O)[C@@H](OC4C(OCc5ccccc5)[C@H](OCc5ccccc5)C(COCc5ccccc5)O[C@@H]4OCc4ccccc4)OC(CO)[C@H]3O)OC(CO)[C@H]2O)OC(CO)[C@H]1O. The Bertz CT molecular complexity index is 2270. The minimum Gasteiger partial charge on any atom is -0.394 e. The van der Waals surface area contributed by atoms with Crippen LogP contribution < -0.4 is 0 Å². The zero-order chi connectivity index (χ0) is 53.6. The Morgan fingerprint density at radius 2 is 0.724 bits per heavy atom. The zero-order valence-electron chi connectivity index (χ0n) is 41.7. The summed E-state index contributed by atoms with van der Waals surface area (Å²) in [6.45, 7) is 1.43. The van der Waals surface area contributed by atoms with Crippen LogP contribution in [0.25, 0.3) is 0 Å². The summed E-state index contributed by atoms with van der Waals surface area (Å²) in [5.74, 6) is 0. The molecule has 0 amide bonds. The number of benzene rings is 4. The van der Waals surface area contributed by atoms with Gasteiger partial charge in [0, 0.05) is 0 Å². The fraction of sp³-hybridized carbons (Fsp3) is 0.527. The Hall–Kier alpha value is -4.22. The van der Waals surface area contributed by atoms with Gasteiger partial charge in [-0.05, 0) is 22.3 Å². The topological polar surface area (TPSA) is 293 Å². The summed E-state index contributed by atoms with van der Waals surface area (Å²) in [6.07, 6.45) is -29.9. The van der Waals surface area contributed by atoms with E-state index in [1.807, 2.05) is 121 Å². The van der Waals surface area contributed by atoms with Crippen molar-refractivity contribution in [3.8, 4) is 0 Å². The van der Waals surface area contributed by atoms with Gasteiger partial charge in [-0.25, -0.2) is 0 Å². The van der Waals surface area contributed by atoms with E-state index in [9.17, 15) is 46.0 Å². The van der Waals surface area contributed by atoms with Gasteiger partial charge in [0.05, 0.1) is 59.5 Å². The van der Waals surface area contributed by atoms with E-state index in [0.717, 1.165) is 22.3 Å². The number of ether oxygens (including phenoxy) is 12. The van der Waals surface area contributed by atoms with Crippen LogP contribution in [0.1, 0.15) is 22.3 Å². The first-order valence-corrected chi connectivity index (χ1v) is 25.3. The molecule has 76 heavy (non-hydrogen) atoms. The molecule has 21 nitrogen and oxygen atoms in total. The third-order valence-corrected chi connectivity index (χ3v) is 13.6. The molecule has 0 aromatic heterocycles. The maximum Gasteiger partial charge on any atom is 0.187 e. The molecule has 4 aromatic carbocycles. The van der Waals surface area contributed by atoms with Gasteiger partial charge in [-0.15, -0.1) is 6.58 Å². The molecule has 8 rings (SSSR count). The minimum absolute atomic E-state index is 0.00609. The lowest BCUT2D eigenvalue weighted by molar-refractivity contribution is -0.397. The van der Waals surface area contributed by atoms with Crippen molar-refractivity contribution in [1.82, 2.24) is 0 Å². The predicted octanol–water partition coefficient (Wildman–Crippen LogP) is 0.360. The molecule has 416 valence electrons. The number of hydrogen-bond acceptors (Lipinski definition) is 21. The average Bonchev–Trinajstić information content (AvgIpc) is 3.46. The number of rotatable bonds is 25. The van der Waals surface area contributed by atoms with Gasteiger partial charge in [0.25, 0.3) is 0 Å². The van der Waals surface area contributed by atoms with Gasteiger partial charge in [0.15, 0.2) is 25.2 Å². The highest BCUT2D eigenvalue weighted by atomic mass is 16.8. The summed E-state index contributed by atoms with van der Waals surface area (Å²) in [5.41, 5.74) is 3.35. The fourth-order valence-electron chi connectivity index (χ4n) is 9.49. The smallest absolute Gasteiger partial charge is 0.187 e. The van der Waals surface area contributed by atoms with E-state index in [4.69, 9.17) is 56.8 Å². The van der Waals surface area contributed by atoms with E-state index >= 15 is 0 Å². The third kappa shape index (κ3) is 14.5. The number of hydrogen-bond donors (Lipinski definition) is 9. The minimum atomic E-state index is -2.02. The molecule has 20 atom stereocenters. The standard InChI is InChI=1S/C55H70O21/c1-2-23-66-47-40(59)36(24-56)70-52(43(47)62)74-48-41(60)37(25-57)71-53(44(48)63)75-49-42(61)38(26-58)72-54(45(49)64)76-51-50(68-29-34-19-11-5-12-20-34)46(67-28-33-17-9-4-10-18-33)39(31-65-27-32-15-7-3-8-16-32)73-55(51)69-30-35-21-13-6-14-22-35/h2-22,36-64H,1,23-31H2/t36?,37?,38?,39?,40-,41-,42-,43?,44?,45?,46-,47?,48?,49?,50?,51?,52-,53-,54-,55+/m1/s1. The first-order valence-electron chi connectivity index (χ1n) is 25.3. The normalized spacial score (nSPS) is 35.9. The number of aliphatic hydroxyl groups excluding tert-OH is 9. The molecule has 4 aliphatic heterocycles. The summed E-state index contributed by atoms with van der Waals surface area (Å²) in [5, 5.41) is 100. The first-order chi connectivity index (χ1) is 37.0. The molecule has 0 saturated carbocycles. The van der Waals surface area contributed by atoms with Crippen LogP contribution in [0.15, 0.2) is 134 Å². The van der Waals surface area contributed by atoms with Gasteiger partial charge < -0.3 is 103 Å². The van der Waals surface area contributed by atoms with Crippen LogP contribution in [0.3, 0.4) is 0 Å². The van der Waals surface area contributed by atoms with E-state index in [-0.39, 0.29) is 39.6 Å². The van der Waals surface area contributed by atoms with Crippen LogP contribution in [0.4, 0.5) is 0 Å². The molecule has 0 bridgehead atoms. The van der Waals surface area contributed by atoms with Gasteiger partial charge in [0.1, 0.15) is 97.7 Å². The maximum atomic E-state index is 12.3. The van der Waals surface area contributed by atoms with E-state index in [1.165, 1.54) is 6.08 Å². The van der Waals surface area contributed by atoms with E-state index in [0.29, 0.717) is 0 Å². The molecule has 4 saturated heterocycles. The second-order valence-corrected chi connectivity index (χ2v) is 18.9. The van der Waals surface area contributed by atoms with Crippen LogP contribution >= 0.6 is 0 Å². The lowest BCUT2D eigenvalue weighted by Gasteiger charge is -2.50. The van der Waals surface area contributed by atoms with E-state index in [1.54, 1.807) is 0 Å². The molecule has 21 heteroatoms. The molecule has 0 radical (unpaired) electrons. The Balaban J connectivity index is 1.09. The van der Waals surface area contributed by atoms with Crippen molar-refractivity contribution < 1.29 is 103 Å². The second-order valence-electron chi connectivity index (χ2n) is 18.9. The van der Waals surface area contributed by atoms with Crippen molar-refractivity contribution >= 4 is 0 Å². The van der Waals surface area contributed by atoms with Crippen LogP contribution in [0.2, 0.25) is 0 Å². The van der Waals surface area contributed by atoms with Gasteiger partial charge in [-0.1, -0.05) is 127 Å². The van der Waals surface area contributed by atoms with Crippen LogP contribution in [0, 0.1) is 0 Å².